The normalized spacial score (nSPS) is 15.9. The van der Waals surface area contributed by atoms with Crippen LogP contribution in [0, 0.1) is 11.6 Å². The molecule has 0 bridgehead atoms. The Labute approximate surface area is 166 Å². The largest absolute Gasteiger partial charge is 0.494 e. The fraction of sp³-hybridized carbons (Fsp3) is 0.286. The summed E-state index contributed by atoms with van der Waals surface area (Å²) in [6, 6.07) is 6.98. The van der Waals surface area contributed by atoms with Crippen LogP contribution in [0.25, 0.3) is 11.3 Å². The number of hydrogen-bond donors (Lipinski definition) is 2. The number of aliphatic hydroxyl groups is 1. The number of nitrogens with one attached hydrogen (secondary N) is 1. The second-order valence-corrected chi connectivity index (χ2v) is 6.66. The Morgan fingerprint density at radius 3 is 2.72 bits per heavy atom. The first-order valence-corrected chi connectivity index (χ1v) is 9.31. The number of hydrogen-bond acceptors (Lipinski definition) is 5. The maximum Gasteiger partial charge on any atom is 0.217 e. The Kier molecular flexibility index (Phi) is 5.10. The van der Waals surface area contributed by atoms with E-state index < -0.39 is 17.9 Å². The summed E-state index contributed by atoms with van der Waals surface area (Å²) in [6.07, 6.45) is 1.12. The highest BCUT2D eigenvalue weighted by molar-refractivity contribution is 5.66. The number of ether oxygens (including phenoxy) is 2. The van der Waals surface area contributed by atoms with Crippen molar-refractivity contribution in [1.29, 1.82) is 0 Å². The van der Waals surface area contributed by atoms with Gasteiger partial charge in [-0.05, 0) is 25.1 Å². The molecule has 1 aromatic carbocycles. The van der Waals surface area contributed by atoms with Gasteiger partial charge < -0.3 is 24.5 Å². The molecule has 0 fully saturated rings. The molecule has 2 N–H and O–H groups in total. The Morgan fingerprint density at radius 2 is 2.03 bits per heavy atom. The summed E-state index contributed by atoms with van der Waals surface area (Å²) in [6.45, 7) is 2.81. The van der Waals surface area contributed by atoms with E-state index in [4.69, 9.17) is 9.47 Å². The summed E-state index contributed by atoms with van der Waals surface area (Å²) in [4.78, 5) is 9.05. The molecular weight excluding hydrogens is 380 g/mol. The zero-order valence-electron chi connectivity index (χ0n) is 16.1. The maximum atomic E-state index is 14.2. The van der Waals surface area contributed by atoms with Gasteiger partial charge in [0, 0.05) is 30.3 Å². The smallest absolute Gasteiger partial charge is 0.217 e. The molecule has 3 heterocycles. The summed E-state index contributed by atoms with van der Waals surface area (Å²) in [7, 11) is 1.53. The molecule has 1 aliphatic heterocycles. The van der Waals surface area contributed by atoms with Crippen molar-refractivity contribution in [3.05, 3.63) is 59.4 Å². The zero-order chi connectivity index (χ0) is 20.5. The van der Waals surface area contributed by atoms with E-state index in [0.717, 1.165) is 5.69 Å². The highest BCUT2D eigenvalue weighted by Gasteiger charge is 2.30. The summed E-state index contributed by atoms with van der Waals surface area (Å²) in [5.74, 6) is -0.374. The number of aliphatic hydroxyl groups excluding tert-OH is 1. The second kappa shape index (κ2) is 7.71. The van der Waals surface area contributed by atoms with E-state index in [1.807, 2.05) is 6.92 Å². The molecule has 0 saturated carbocycles. The van der Waals surface area contributed by atoms with E-state index >= 15 is 0 Å². The van der Waals surface area contributed by atoms with Gasteiger partial charge in [0.2, 0.25) is 5.88 Å². The SMILES string of the molecule is CCOc1cc(OC)c(N2CCc3[nH]c(-c4c(F)cccc4F)cc3C2O)cn1. The number of nitrogens with zero attached hydrogens (tertiary/aromatic N) is 2. The second-order valence-electron chi connectivity index (χ2n) is 6.66. The van der Waals surface area contributed by atoms with Crippen molar-refractivity contribution in [3.8, 4) is 22.9 Å². The predicted octanol–water partition coefficient (Wildman–Crippen LogP) is 3.82. The molecule has 0 amide bonds. The molecule has 1 unspecified atom stereocenters. The number of benzene rings is 1. The van der Waals surface area contributed by atoms with Crippen molar-refractivity contribution >= 4 is 5.69 Å². The number of anilines is 1. The van der Waals surface area contributed by atoms with Crippen LogP contribution >= 0.6 is 0 Å². The van der Waals surface area contributed by atoms with Gasteiger partial charge >= 0.3 is 0 Å². The van der Waals surface area contributed by atoms with Crippen LogP contribution < -0.4 is 14.4 Å². The lowest BCUT2D eigenvalue weighted by Crippen LogP contribution is -2.35. The number of aromatic amines is 1. The zero-order valence-corrected chi connectivity index (χ0v) is 16.1. The van der Waals surface area contributed by atoms with E-state index in [-0.39, 0.29) is 5.56 Å². The van der Waals surface area contributed by atoms with Gasteiger partial charge in [-0.2, -0.15) is 0 Å². The van der Waals surface area contributed by atoms with E-state index in [1.54, 1.807) is 23.2 Å². The lowest BCUT2D eigenvalue weighted by Gasteiger charge is -2.34. The van der Waals surface area contributed by atoms with Crippen molar-refractivity contribution in [1.82, 2.24) is 9.97 Å². The van der Waals surface area contributed by atoms with Crippen LogP contribution in [-0.2, 0) is 6.42 Å². The van der Waals surface area contributed by atoms with Crippen LogP contribution in [0.1, 0.15) is 24.4 Å². The van der Waals surface area contributed by atoms with Gasteiger partial charge in [-0.25, -0.2) is 13.8 Å². The van der Waals surface area contributed by atoms with Crippen molar-refractivity contribution in [2.75, 3.05) is 25.2 Å². The number of methoxy groups -OCH3 is 1. The summed E-state index contributed by atoms with van der Waals surface area (Å²) < 4.78 is 39.2. The lowest BCUT2D eigenvalue weighted by molar-refractivity contribution is 0.163. The van der Waals surface area contributed by atoms with Crippen LogP contribution in [0.3, 0.4) is 0 Å². The van der Waals surface area contributed by atoms with Crippen LogP contribution in [-0.4, -0.2) is 35.3 Å². The summed E-state index contributed by atoms with van der Waals surface area (Å²) in [5, 5.41) is 11.0. The molecule has 8 heteroatoms. The molecule has 0 radical (unpaired) electrons. The molecule has 0 saturated heterocycles. The lowest BCUT2D eigenvalue weighted by atomic mass is 10.0. The molecule has 2 aromatic heterocycles. The Morgan fingerprint density at radius 1 is 1.28 bits per heavy atom. The molecule has 152 valence electrons. The fourth-order valence-corrected chi connectivity index (χ4v) is 3.63. The van der Waals surface area contributed by atoms with Crippen molar-refractivity contribution in [2.24, 2.45) is 0 Å². The minimum atomic E-state index is -1.02. The third kappa shape index (κ3) is 3.40. The van der Waals surface area contributed by atoms with E-state index in [2.05, 4.69) is 9.97 Å². The maximum absolute atomic E-state index is 14.2. The third-order valence-electron chi connectivity index (χ3n) is 4.98. The Balaban J connectivity index is 1.69. The minimum Gasteiger partial charge on any atom is -0.494 e. The Bertz CT molecular complexity index is 1020. The Hall–Kier alpha value is -3.13. The average molecular weight is 401 g/mol. The van der Waals surface area contributed by atoms with Gasteiger partial charge in [0.05, 0.1) is 31.2 Å². The van der Waals surface area contributed by atoms with Crippen LogP contribution in [0.5, 0.6) is 11.6 Å². The molecule has 3 aromatic rings. The quantitative estimate of drug-likeness (QED) is 0.680. The monoisotopic (exact) mass is 401 g/mol. The van der Waals surface area contributed by atoms with Gasteiger partial charge in [-0.1, -0.05) is 6.07 Å². The molecule has 0 aliphatic carbocycles. The van der Waals surface area contributed by atoms with E-state index in [0.29, 0.717) is 48.1 Å². The van der Waals surface area contributed by atoms with Gasteiger partial charge in [0.25, 0.3) is 0 Å². The van der Waals surface area contributed by atoms with Crippen molar-refractivity contribution in [2.45, 2.75) is 19.6 Å². The number of aromatic nitrogens is 2. The average Bonchev–Trinajstić information content (AvgIpc) is 3.13. The number of pyridine rings is 1. The molecular formula is C21H21F2N3O3. The third-order valence-corrected chi connectivity index (χ3v) is 4.98. The highest BCUT2D eigenvalue weighted by Crippen LogP contribution is 2.39. The van der Waals surface area contributed by atoms with Crippen LogP contribution in [0.15, 0.2) is 36.5 Å². The van der Waals surface area contributed by atoms with Crippen molar-refractivity contribution < 1.29 is 23.4 Å². The van der Waals surface area contributed by atoms with E-state index in [9.17, 15) is 13.9 Å². The number of fused-ring (bicyclic) bond motifs is 1. The van der Waals surface area contributed by atoms with Crippen LogP contribution in [0.2, 0.25) is 0 Å². The summed E-state index contributed by atoms with van der Waals surface area (Å²) >= 11 is 0. The van der Waals surface area contributed by atoms with E-state index in [1.165, 1.54) is 25.3 Å². The topological polar surface area (TPSA) is 70.6 Å². The highest BCUT2D eigenvalue weighted by atomic mass is 19.1. The first kappa shape index (κ1) is 19.2. The predicted molar refractivity (Wildman–Crippen MR) is 104 cm³/mol. The first-order valence-electron chi connectivity index (χ1n) is 9.31. The van der Waals surface area contributed by atoms with Crippen molar-refractivity contribution in [3.63, 3.8) is 0 Å². The molecule has 1 atom stereocenters. The molecule has 29 heavy (non-hydrogen) atoms. The first-order chi connectivity index (χ1) is 14.0. The summed E-state index contributed by atoms with van der Waals surface area (Å²) in [5.41, 5.74) is 2.06. The standard InChI is InChI=1S/C21H21F2N3O3/c1-3-29-19-10-18(28-2)17(11-24-19)26-8-7-15-12(21(26)27)9-16(25-15)20-13(22)5-4-6-14(20)23/h4-6,9-11,21,25,27H,3,7-8H2,1-2H3. The van der Waals surface area contributed by atoms with Gasteiger partial charge in [0.15, 0.2) is 6.23 Å². The number of rotatable bonds is 5. The number of H-pyrrole nitrogens is 1. The minimum absolute atomic E-state index is 0.138. The molecule has 0 spiro atoms. The fourth-order valence-electron chi connectivity index (χ4n) is 3.63. The molecule has 1 aliphatic rings. The van der Waals surface area contributed by atoms with Crippen LogP contribution in [0.4, 0.5) is 14.5 Å². The van der Waals surface area contributed by atoms with Gasteiger partial charge in [0.1, 0.15) is 23.1 Å². The van der Waals surface area contributed by atoms with Gasteiger partial charge in [-0.15, -0.1) is 0 Å². The number of halogens is 2. The van der Waals surface area contributed by atoms with Gasteiger partial charge in [-0.3, -0.25) is 0 Å². The molecule has 6 nitrogen and oxygen atoms in total. The molecule has 4 rings (SSSR count).